The Balaban J connectivity index is 2.55. The molecule has 2 aromatic rings. The van der Waals surface area contributed by atoms with Crippen LogP contribution in [0.5, 0.6) is 0 Å². The molecule has 96 valence electrons. The van der Waals surface area contributed by atoms with E-state index in [0.29, 0.717) is 17.2 Å². The summed E-state index contributed by atoms with van der Waals surface area (Å²) in [5, 5.41) is 8.73. The molecule has 6 heteroatoms. The van der Waals surface area contributed by atoms with Gasteiger partial charge in [0.2, 0.25) is 5.95 Å². The summed E-state index contributed by atoms with van der Waals surface area (Å²) in [6.45, 7) is 0. The summed E-state index contributed by atoms with van der Waals surface area (Å²) in [6.07, 6.45) is -3.80. The molecule has 0 amide bonds. The summed E-state index contributed by atoms with van der Waals surface area (Å²) in [5.74, 6) is -1.56. The monoisotopic (exact) mass is 266 g/mol. The van der Waals surface area contributed by atoms with Gasteiger partial charge >= 0.3 is 6.18 Å². The van der Waals surface area contributed by atoms with E-state index in [1.807, 2.05) is 6.07 Å². The molecule has 0 aliphatic carbocycles. The minimum atomic E-state index is -4.81. The van der Waals surface area contributed by atoms with Gasteiger partial charge in [0.05, 0.1) is 11.6 Å². The Hall–Kier alpha value is -2.42. The van der Waals surface area contributed by atoms with Crippen molar-refractivity contribution in [2.75, 3.05) is 0 Å². The third-order valence-corrected chi connectivity index (χ3v) is 2.47. The second kappa shape index (κ2) is 4.69. The fraction of sp³-hybridized carbons (Fsp3) is 0.0769. The number of rotatable bonds is 1. The van der Waals surface area contributed by atoms with Crippen LogP contribution < -0.4 is 0 Å². The van der Waals surface area contributed by atoms with Crippen LogP contribution >= 0.6 is 0 Å². The average molecular weight is 266 g/mol. The first-order valence-electron chi connectivity index (χ1n) is 5.15. The Morgan fingerprint density at radius 1 is 1.11 bits per heavy atom. The molecule has 1 heterocycles. The molecule has 0 saturated carbocycles. The van der Waals surface area contributed by atoms with Gasteiger partial charge in [-0.3, -0.25) is 0 Å². The van der Waals surface area contributed by atoms with Crippen LogP contribution in [0.3, 0.4) is 0 Å². The Morgan fingerprint density at radius 3 is 2.47 bits per heavy atom. The standard InChI is InChI=1S/C13H6F4N2/c14-12-11(13(15,16)17)5-10(7-19-12)9-3-1-2-8(4-9)6-18/h1-5,7H. The van der Waals surface area contributed by atoms with Crippen molar-refractivity contribution in [3.8, 4) is 17.2 Å². The molecule has 0 saturated heterocycles. The third kappa shape index (κ3) is 2.71. The molecular formula is C13H6F4N2. The number of hydrogen-bond acceptors (Lipinski definition) is 2. The number of halogens is 4. The molecule has 0 spiro atoms. The number of hydrogen-bond donors (Lipinski definition) is 0. The lowest BCUT2D eigenvalue weighted by atomic mass is 10.0. The van der Waals surface area contributed by atoms with Crippen molar-refractivity contribution in [1.29, 1.82) is 5.26 Å². The van der Waals surface area contributed by atoms with E-state index in [0.717, 1.165) is 6.20 Å². The minimum Gasteiger partial charge on any atom is -0.227 e. The fourth-order valence-electron chi connectivity index (χ4n) is 1.57. The molecule has 0 N–H and O–H groups in total. The zero-order valence-electron chi connectivity index (χ0n) is 9.37. The smallest absolute Gasteiger partial charge is 0.227 e. The maximum Gasteiger partial charge on any atom is 0.420 e. The summed E-state index contributed by atoms with van der Waals surface area (Å²) >= 11 is 0. The lowest BCUT2D eigenvalue weighted by Crippen LogP contribution is -2.09. The van der Waals surface area contributed by atoms with Crippen molar-refractivity contribution in [1.82, 2.24) is 4.98 Å². The van der Waals surface area contributed by atoms with Gasteiger partial charge in [0.25, 0.3) is 0 Å². The summed E-state index contributed by atoms with van der Waals surface area (Å²) in [5.41, 5.74) is -0.648. The van der Waals surface area contributed by atoms with Gasteiger partial charge in [0.15, 0.2) is 0 Å². The van der Waals surface area contributed by atoms with Crippen LogP contribution in [0, 0.1) is 17.3 Å². The van der Waals surface area contributed by atoms with Gasteiger partial charge in [-0.1, -0.05) is 12.1 Å². The molecule has 0 atom stereocenters. The Morgan fingerprint density at radius 2 is 1.84 bits per heavy atom. The Kier molecular flexibility index (Phi) is 3.21. The van der Waals surface area contributed by atoms with Crippen LogP contribution in [-0.2, 0) is 6.18 Å². The average Bonchev–Trinajstić information content (AvgIpc) is 2.38. The Bertz CT molecular complexity index is 656. The van der Waals surface area contributed by atoms with E-state index >= 15 is 0 Å². The van der Waals surface area contributed by atoms with Crippen LogP contribution in [0.25, 0.3) is 11.1 Å². The minimum absolute atomic E-state index is 0.103. The first-order chi connectivity index (χ1) is 8.91. The van der Waals surface area contributed by atoms with E-state index in [-0.39, 0.29) is 5.56 Å². The lowest BCUT2D eigenvalue weighted by Gasteiger charge is -2.09. The molecular weight excluding hydrogens is 260 g/mol. The Labute approximate surface area is 105 Å². The predicted molar refractivity (Wildman–Crippen MR) is 59.3 cm³/mol. The number of alkyl halides is 3. The molecule has 0 aliphatic rings. The summed E-state index contributed by atoms with van der Waals surface area (Å²) < 4.78 is 50.7. The van der Waals surface area contributed by atoms with Crippen LogP contribution in [-0.4, -0.2) is 4.98 Å². The van der Waals surface area contributed by atoms with Gasteiger partial charge in [0, 0.05) is 11.8 Å². The SMILES string of the molecule is N#Cc1cccc(-c2cnc(F)c(C(F)(F)F)c2)c1. The summed E-state index contributed by atoms with van der Waals surface area (Å²) in [4.78, 5) is 3.11. The molecule has 0 bridgehead atoms. The highest BCUT2D eigenvalue weighted by molar-refractivity contribution is 5.65. The molecule has 2 rings (SSSR count). The molecule has 19 heavy (non-hydrogen) atoms. The highest BCUT2D eigenvalue weighted by Crippen LogP contribution is 2.33. The maximum absolute atomic E-state index is 13.0. The molecule has 2 nitrogen and oxygen atoms in total. The second-order valence-corrected chi connectivity index (χ2v) is 3.75. The topological polar surface area (TPSA) is 36.7 Å². The first-order valence-corrected chi connectivity index (χ1v) is 5.15. The summed E-state index contributed by atoms with van der Waals surface area (Å²) in [7, 11) is 0. The van der Waals surface area contributed by atoms with Crippen LogP contribution in [0.1, 0.15) is 11.1 Å². The van der Waals surface area contributed by atoms with E-state index < -0.39 is 17.7 Å². The van der Waals surface area contributed by atoms with E-state index in [4.69, 9.17) is 5.26 Å². The lowest BCUT2D eigenvalue weighted by molar-refractivity contribution is -0.140. The predicted octanol–water partition coefficient (Wildman–Crippen LogP) is 3.78. The van der Waals surface area contributed by atoms with Crippen molar-refractivity contribution in [3.05, 3.63) is 53.6 Å². The van der Waals surface area contributed by atoms with E-state index in [2.05, 4.69) is 4.98 Å². The molecule has 1 aromatic heterocycles. The highest BCUT2D eigenvalue weighted by Gasteiger charge is 2.35. The van der Waals surface area contributed by atoms with E-state index in [1.54, 1.807) is 0 Å². The number of nitrogens with zero attached hydrogens (tertiary/aromatic N) is 2. The van der Waals surface area contributed by atoms with Crippen molar-refractivity contribution in [2.45, 2.75) is 6.18 Å². The quantitative estimate of drug-likeness (QED) is 0.581. The van der Waals surface area contributed by atoms with Gasteiger partial charge in [-0.15, -0.1) is 0 Å². The number of nitriles is 1. The van der Waals surface area contributed by atoms with Crippen LogP contribution in [0.15, 0.2) is 36.5 Å². The van der Waals surface area contributed by atoms with Crippen molar-refractivity contribution >= 4 is 0 Å². The fourth-order valence-corrected chi connectivity index (χ4v) is 1.57. The van der Waals surface area contributed by atoms with Gasteiger partial charge in [-0.05, 0) is 23.8 Å². The molecule has 0 unspecified atom stereocenters. The van der Waals surface area contributed by atoms with Gasteiger partial charge < -0.3 is 0 Å². The van der Waals surface area contributed by atoms with E-state index in [1.165, 1.54) is 24.3 Å². The summed E-state index contributed by atoms with van der Waals surface area (Å²) in [6, 6.07) is 8.54. The second-order valence-electron chi connectivity index (χ2n) is 3.75. The van der Waals surface area contributed by atoms with E-state index in [9.17, 15) is 17.6 Å². The molecule has 0 aliphatic heterocycles. The van der Waals surface area contributed by atoms with Crippen molar-refractivity contribution < 1.29 is 17.6 Å². The number of benzene rings is 1. The first kappa shape index (κ1) is 13.0. The maximum atomic E-state index is 13.0. The highest BCUT2D eigenvalue weighted by atomic mass is 19.4. The number of aromatic nitrogens is 1. The number of pyridine rings is 1. The van der Waals surface area contributed by atoms with Crippen LogP contribution in [0.4, 0.5) is 17.6 Å². The normalized spacial score (nSPS) is 11.1. The van der Waals surface area contributed by atoms with Gasteiger partial charge in [-0.25, -0.2) is 4.98 Å². The van der Waals surface area contributed by atoms with Crippen molar-refractivity contribution in [2.24, 2.45) is 0 Å². The molecule has 0 fully saturated rings. The van der Waals surface area contributed by atoms with Gasteiger partial charge in [-0.2, -0.15) is 22.8 Å². The zero-order chi connectivity index (χ0) is 14.0. The van der Waals surface area contributed by atoms with Crippen LogP contribution in [0.2, 0.25) is 0 Å². The van der Waals surface area contributed by atoms with Crippen molar-refractivity contribution in [3.63, 3.8) is 0 Å². The molecule has 1 aromatic carbocycles. The zero-order valence-corrected chi connectivity index (χ0v) is 9.37. The largest absolute Gasteiger partial charge is 0.420 e. The van der Waals surface area contributed by atoms with Gasteiger partial charge in [0.1, 0.15) is 5.56 Å². The third-order valence-electron chi connectivity index (χ3n) is 2.47. The molecule has 0 radical (unpaired) electrons.